The van der Waals surface area contributed by atoms with Gasteiger partial charge in [-0.15, -0.1) is 0 Å². The number of aryl methyl sites for hydroxylation is 1. The molecule has 1 aromatic heterocycles. The lowest BCUT2D eigenvalue weighted by Gasteiger charge is -2.30. The fraction of sp³-hybridized carbons (Fsp3) is 0.700. The molecule has 0 aliphatic carbocycles. The number of nitrogens with one attached hydrogen (secondary N) is 2. The van der Waals surface area contributed by atoms with Gasteiger partial charge in [0.15, 0.2) is 5.96 Å². The first-order valence-electron chi connectivity index (χ1n) is 9.75. The Kier molecular flexibility index (Phi) is 9.93. The third kappa shape index (κ3) is 7.62. The Bertz CT molecular complexity index is 600. The summed E-state index contributed by atoms with van der Waals surface area (Å²) in [5, 5.41) is 6.59. The summed E-state index contributed by atoms with van der Waals surface area (Å²) < 4.78 is 10.4. The number of rotatable bonds is 10. The van der Waals surface area contributed by atoms with Gasteiger partial charge >= 0.3 is 5.97 Å². The largest absolute Gasteiger partial charge is 0.465 e. The molecule has 27 heavy (non-hydrogen) atoms. The number of esters is 1. The minimum absolute atomic E-state index is 0.358. The molecule has 7 heteroatoms. The van der Waals surface area contributed by atoms with E-state index in [0.717, 1.165) is 32.0 Å². The van der Waals surface area contributed by atoms with Crippen molar-refractivity contribution in [3.05, 3.63) is 23.2 Å². The standard InChI is InChI=1S/C20H36N4O3/c1-8-21-20(22-10-9-11-24(14(2)3)15(4)5)23-13-17-12-18(16(6)27-17)19(25)26-7/h12,14-15H,8-11,13H2,1-7H3,(H2,21,22,23). The van der Waals surface area contributed by atoms with Crippen molar-refractivity contribution in [2.75, 3.05) is 26.7 Å². The molecular formula is C20H36N4O3. The Morgan fingerprint density at radius 3 is 2.48 bits per heavy atom. The van der Waals surface area contributed by atoms with E-state index in [1.54, 1.807) is 13.0 Å². The lowest BCUT2D eigenvalue weighted by Crippen LogP contribution is -2.41. The van der Waals surface area contributed by atoms with Gasteiger partial charge in [-0.05, 0) is 54.0 Å². The van der Waals surface area contributed by atoms with Crippen LogP contribution >= 0.6 is 0 Å². The van der Waals surface area contributed by atoms with Crippen molar-refractivity contribution >= 4 is 11.9 Å². The van der Waals surface area contributed by atoms with Crippen LogP contribution in [0.3, 0.4) is 0 Å². The highest BCUT2D eigenvalue weighted by atomic mass is 16.5. The zero-order valence-electron chi connectivity index (χ0n) is 17.9. The van der Waals surface area contributed by atoms with Crippen molar-refractivity contribution in [3.8, 4) is 0 Å². The molecule has 0 amide bonds. The quantitative estimate of drug-likeness (QED) is 0.281. The average molecular weight is 381 g/mol. The van der Waals surface area contributed by atoms with E-state index in [4.69, 9.17) is 9.15 Å². The monoisotopic (exact) mass is 380 g/mol. The molecule has 2 N–H and O–H groups in total. The first kappa shape index (κ1) is 23.0. The van der Waals surface area contributed by atoms with Gasteiger partial charge in [-0.1, -0.05) is 0 Å². The number of carbonyl (C=O) groups excluding carboxylic acids is 1. The Morgan fingerprint density at radius 2 is 1.93 bits per heavy atom. The average Bonchev–Trinajstić information content (AvgIpc) is 2.98. The lowest BCUT2D eigenvalue weighted by atomic mass is 10.2. The summed E-state index contributed by atoms with van der Waals surface area (Å²) >= 11 is 0. The van der Waals surface area contributed by atoms with E-state index in [1.165, 1.54) is 7.11 Å². The highest BCUT2D eigenvalue weighted by Gasteiger charge is 2.15. The van der Waals surface area contributed by atoms with Crippen LogP contribution in [0.2, 0.25) is 0 Å². The van der Waals surface area contributed by atoms with Gasteiger partial charge in [-0.2, -0.15) is 0 Å². The number of aliphatic imine (C=N–C) groups is 1. The predicted octanol–water partition coefficient (Wildman–Crippen LogP) is 2.94. The van der Waals surface area contributed by atoms with Gasteiger partial charge < -0.3 is 19.8 Å². The summed E-state index contributed by atoms with van der Waals surface area (Å²) in [7, 11) is 1.36. The molecule has 154 valence electrons. The molecule has 0 aromatic carbocycles. The van der Waals surface area contributed by atoms with Crippen LogP contribution in [0.1, 0.15) is 62.9 Å². The van der Waals surface area contributed by atoms with E-state index in [-0.39, 0.29) is 0 Å². The van der Waals surface area contributed by atoms with Crippen LogP contribution in [0.4, 0.5) is 0 Å². The summed E-state index contributed by atoms with van der Waals surface area (Å²) in [4.78, 5) is 18.7. The van der Waals surface area contributed by atoms with Gasteiger partial charge in [-0.3, -0.25) is 4.90 Å². The smallest absolute Gasteiger partial charge is 0.341 e. The Hall–Kier alpha value is -2.02. The molecule has 0 aliphatic heterocycles. The summed E-state index contributed by atoms with van der Waals surface area (Å²) in [5.74, 6) is 1.53. The van der Waals surface area contributed by atoms with Gasteiger partial charge in [0.1, 0.15) is 23.6 Å². The van der Waals surface area contributed by atoms with Crippen LogP contribution in [-0.2, 0) is 11.3 Å². The fourth-order valence-corrected chi connectivity index (χ4v) is 3.01. The molecule has 0 saturated carbocycles. The SMILES string of the molecule is CCNC(=NCc1cc(C(=O)OC)c(C)o1)NCCCN(C(C)C)C(C)C. The fourth-order valence-electron chi connectivity index (χ4n) is 3.01. The third-order valence-electron chi connectivity index (χ3n) is 4.32. The Morgan fingerprint density at radius 1 is 1.26 bits per heavy atom. The molecule has 0 fully saturated rings. The molecule has 0 atom stereocenters. The highest BCUT2D eigenvalue weighted by molar-refractivity contribution is 5.90. The van der Waals surface area contributed by atoms with Crippen LogP contribution < -0.4 is 10.6 Å². The van der Waals surface area contributed by atoms with Gasteiger partial charge in [0.25, 0.3) is 0 Å². The second kappa shape index (κ2) is 11.6. The van der Waals surface area contributed by atoms with Crippen molar-refractivity contribution in [2.45, 2.75) is 66.6 Å². The van der Waals surface area contributed by atoms with E-state index in [0.29, 0.717) is 35.7 Å². The maximum absolute atomic E-state index is 11.7. The number of hydrogen-bond donors (Lipinski definition) is 2. The first-order chi connectivity index (χ1) is 12.8. The van der Waals surface area contributed by atoms with Crippen LogP contribution in [0.25, 0.3) is 0 Å². The van der Waals surface area contributed by atoms with Crippen molar-refractivity contribution in [3.63, 3.8) is 0 Å². The molecule has 0 aliphatic rings. The van der Waals surface area contributed by atoms with Crippen LogP contribution in [0.5, 0.6) is 0 Å². The topological polar surface area (TPSA) is 79.1 Å². The summed E-state index contributed by atoms with van der Waals surface area (Å²) in [5.41, 5.74) is 0.447. The molecule has 0 bridgehead atoms. The minimum atomic E-state index is -0.392. The molecule has 1 heterocycles. The maximum atomic E-state index is 11.7. The van der Waals surface area contributed by atoms with Crippen molar-refractivity contribution in [2.24, 2.45) is 4.99 Å². The van der Waals surface area contributed by atoms with Crippen LogP contribution in [0.15, 0.2) is 15.5 Å². The van der Waals surface area contributed by atoms with Crippen LogP contribution in [0, 0.1) is 6.92 Å². The molecule has 0 unspecified atom stereocenters. The summed E-state index contributed by atoms with van der Waals surface area (Å²) in [6.45, 7) is 15.7. The molecule has 1 rings (SSSR count). The van der Waals surface area contributed by atoms with Crippen molar-refractivity contribution in [1.82, 2.24) is 15.5 Å². The molecular weight excluding hydrogens is 344 g/mol. The van der Waals surface area contributed by atoms with Gasteiger partial charge in [-0.25, -0.2) is 9.79 Å². The normalized spacial score (nSPS) is 12.1. The number of hydrogen-bond acceptors (Lipinski definition) is 5. The number of ether oxygens (including phenoxy) is 1. The molecule has 7 nitrogen and oxygen atoms in total. The van der Waals surface area contributed by atoms with Gasteiger partial charge in [0.2, 0.25) is 0 Å². The number of carbonyl (C=O) groups is 1. The number of guanidine groups is 1. The second-order valence-corrected chi connectivity index (χ2v) is 7.07. The predicted molar refractivity (Wildman–Crippen MR) is 109 cm³/mol. The minimum Gasteiger partial charge on any atom is -0.465 e. The molecule has 1 aromatic rings. The second-order valence-electron chi connectivity index (χ2n) is 7.07. The highest BCUT2D eigenvalue weighted by Crippen LogP contribution is 2.16. The van der Waals surface area contributed by atoms with E-state index < -0.39 is 5.97 Å². The maximum Gasteiger partial charge on any atom is 0.341 e. The number of methoxy groups -OCH3 is 1. The first-order valence-corrected chi connectivity index (χ1v) is 9.75. The van der Waals surface area contributed by atoms with Crippen molar-refractivity contribution < 1.29 is 13.9 Å². The number of nitrogens with zero attached hydrogens (tertiary/aromatic N) is 2. The lowest BCUT2D eigenvalue weighted by molar-refractivity contribution is 0.0599. The summed E-state index contributed by atoms with van der Waals surface area (Å²) in [6.07, 6.45) is 1.03. The molecule has 0 spiro atoms. The molecule has 0 saturated heterocycles. The molecule has 0 radical (unpaired) electrons. The van der Waals surface area contributed by atoms with E-state index >= 15 is 0 Å². The van der Waals surface area contributed by atoms with Gasteiger partial charge in [0, 0.05) is 31.7 Å². The summed E-state index contributed by atoms with van der Waals surface area (Å²) in [6, 6.07) is 2.77. The van der Waals surface area contributed by atoms with E-state index in [2.05, 4.69) is 48.2 Å². The number of furan rings is 1. The Labute approximate surface area is 163 Å². The van der Waals surface area contributed by atoms with Crippen LogP contribution in [-0.4, -0.2) is 55.7 Å². The zero-order valence-corrected chi connectivity index (χ0v) is 17.9. The Balaban J connectivity index is 2.59. The zero-order chi connectivity index (χ0) is 20.4. The van der Waals surface area contributed by atoms with E-state index in [9.17, 15) is 4.79 Å². The van der Waals surface area contributed by atoms with Gasteiger partial charge in [0.05, 0.1) is 7.11 Å². The van der Waals surface area contributed by atoms with Crippen molar-refractivity contribution in [1.29, 1.82) is 0 Å². The third-order valence-corrected chi connectivity index (χ3v) is 4.32. The van der Waals surface area contributed by atoms with E-state index in [1.807, 2.05) is 6.92 Å².